The topological polar surface area (TPSA) is 150 Å². The minimum Gasteiger partial charge on any atom is -0.473 e. The lowest BCUT2D eigenvalue weighted by molar-refractivity contribution is -0.384. The van der Waals surface area contributed by atoms with Gasteiger partial charge in [0.1, 0.15) is 0 Å². The van der Waals surface area contributed by atoms with Crippen molar-refractivity contribution in [3.8, 4) is 0 Å². The number of carboxylic acids is 2. The van der Waals surface area contributed by atoms with Crippen LogP contribution < -0.4 is 5.32 Å². The fourth-order valence-electron chi connectivity index (χ4n) is 3.56. The van der Waals surface area contributed by atoms with Gasteiger partial charge in [-0.25, -0.2) is 9.59 Å². The molecule has 2 aromatic rings. The zero-order valence-corrected chi connectivity index (χ0v) is 19.0. The number of rotatable bonds is 8. The number of fused-ring (bicyclic) bond motifs is 1. The average molecular weight is 478 g/mol. The van der Waals surface area contributed by atoms with Crippen molar-refractivity contribution in [2.45, 2.75) is 38.6 Å². The quantitative estimate of drug-likeness (QED) is 0.298. The van der Waals surface area contributed by atoms with Gasteiger partial charge in [0.25, 0.3) is 11.6 Å². The molecule has 3 rings (SSSR count). The highest BCUT2D eigenvalue weighted by molar-refractivity contribution is 7.10. The van der Waals surface area contributed by atoms with E-state index in [1.54, 1.807) is 0 Å². The van der Waals surface area contributed by atoms with Gasteiger partial charge in [0.05, 0.1) is 4.92 Å². The maximum Gasteiger partial charge on any atom is 0.414 e. The number of hydrogen-bond acceptors (Lipinski definition) is 7. The Morgan fingerprint density at radius 1 is 1.18 bits per heavy atom. The van der Waals surface area contributed by atoms with Crippen molar-refractivity contribution in [2.75, 3.05) is 19.6 Å². The summed E-state index contributed by atoms with van der Waals surface area (Å²) in [4.78, 5) is 44.7. The Labute approximate surface area is 195 Å². The number of nitro groups is 1. The summed E-state index contributed by atoms with van der Waals surface area (Å²) >= 11 is 1.84. The first-order valence-corrected chi connectivity index (χ1v) is 11.4. The molecule has 0 fully saturated rings. The molecule has 1 aliphatic rings. The number of amides is 1. The van der Waals surface area contributed by atoms with E-state index in [-0.39, 0.29) is 11.6 Å². The van der Waals surface area contributed by atoms with Crippen LogP contribution in [0.5, 0.6) is 0 Å². The molecule has 1 aromatic carbocycles. The van der Waals surface area contributed by atoms with Crippen LogP contribution in [0.2, 0.25) is 0 Å². The minimum atomic E-state index is -1.82. The molecule has 0 aliphatic carbocycles. The van der Waals surface area contributed by atoms with Crippen LogP contribution in [-0.4, -0.2) is 57.5 Å². The lowest BCUT2D eigenvalue weighted by Gasteiger charge is -2.35. The Hall–Kier alpha value is -3.31. The van der Waals surface area contributed by atoms with Crippen molar-refractivity contribution in [1.29, 1.82) is 0 Å². The molecule has 2 heterocycles. The standard InChI is InChI=1S/C20H25N3O3S.C2H2O4/c1-2-3-4-18-19-15(10-14-27-19)9-12-22(18)13-11-21-20(24)16-5-7-17(8-6-16)23(25)26;3-1(4)2(5)6/h5-8,10,14,18H,2-4,9,11-13H2,1H3,(H,21,24);(H,3,4)(H,5,6). The molecule has 0 bridgehead atoms. The van der Waals surface area contributed by atoms with Crippen LogP contribution in [0.15, 0.2) is 35.7 Å². The summed E-state index contributed by atoms with van der Waals surface area (Å²) in [5.74, 6) is -3.84. The number of non-ortho nitro benzene ring substituents is 1. The van der Waals surface area contributed by atoms with E-state index in [1.165, 1.54) is 47.5 Å². The second-order valence-electron chi connectivity index (χ2n) is 7.42. The maximum absolute atomic E-state index is 12.3. The highest BCUT2D eigenvalue weighted by atomic mass is 32.1. The molecule has 178 valence electrons. The van der Waals surface area contributed by atoms with E-state index in [0.29, 0.717) is 18.2 Å². The normalized spacial score (nSPS) is 15.0. The van der Waals surface area contributed by atoms with E-state index in [1.807, 2.05) is 11.3 Å². The Morgan fingerprint density at radius 2 is 1.85 bits per heavy atom. The first-order valence-electron chi connectivity index (χ1n) is 10.5. The van der Waals surface area contributed by atoms with E-state index in [9.17, 15) is 14.9 Å². The summed E-state index contributed by atoms with van der Waals surface area (Å²) in [7, 11) is 0. The van der Waals surface area contributed by atoms with E-state index < -0.39 is 16.9 Å². The number of nitrogens with one attached hydrogen (secondary N) is 1. The molecule has 33 heavy (non-hydrogen) atoms. The summed E-state index contributed by atoms with van der Waals surface area (Å²) in [5, 5.41) is 30.6. The second kappa shape index (κ2) is 12.7. The molecule has 3 N–H and O–H groups in total. The lowest BCUT2D eigenvalue weighted by Crippen LogP contribution is -2.40. The Bertz CT molecular complexity index is 963. The Kier molecular flexibility index (Phi) is 9.95. The predicted octanol–water partition coefficient (Wildman–Crippen LogP) is 3.33. The number of aliphatic carboxylic acids is 2. The number of nitrogens with zero attached hydrogens (tertiary/aromatic N) is 2. The van der Waals surface area contributed by atoms with E-state index in [4.69, 9.17) is 19.8 Å². The van der Waals surface area contributed by atoms with Gasteiger partial charge >= 0.3 is 11.9 Å². The number of hydrogen-bond donors (Lipinski definition) is 3. The van der Waals surface area contributed by atoms with Crippen LogP contribution >= 0.6 is 11.3 Å². The second-order valence-corrected chi connectivity index (χ2v) is 8.37. The van der Waals surface area contributed by atoms with Gasteiger partial charge in [-0.3, -0.25) is 19.8 Å². The largest absolute Gasteiger partial charge is 0.473 e. The SMILES string of the molecule is CCCCC1c2sccc2CCN1CCNC(=O)c1ccc([N+](=O)[O-])cc1.O=C(O)C(=O)O. The molecule has 1 amide bonds. The monoisotopic (exact) mass is 477 g/mol. The zero-order valence-electron chi connectivity index (χ0n) is 18.2. The molecule has 0 radical (unpaired) electrons. The van der Waals surface area contributed by atoms with Gasteiger partial charge in [-0.05, 0) is 42.0 Å². The number of carbonyl (C=O) groups excluding carboxylic acids is 1. The summed E-state index contributed by atoms with van der Waals surface area (Å²) < 4.78 is 0. The lowest BCUT2D eigenvalue weighted by atomic mass is 9.97. The van der Waals surface area contributed by atoms with Crippen molar-refractivity contribution in [1.82, 2.24) is 10.2 Å². The van der Waals surface area contributed by atoms with Gasteiger partial charge in [0, 0.05) is 48.2 Å². The third kappa shape index (κ3) is 7.65. The molecule has 11 heteroatoms. The number of benzene rings is 1. The van der Waals surface area contributed by atoms with Gasteiger partial charge in [-0.15, -0.1) is 11.3 Å². The van der Waals surface area contributed by atoms with Crippen LogP contribution in [-0.2, 0) is 16.0 Å². The molecule has 1 aliphatic heterocycles. The van der Waals surface area contributed by atoms with Gasteiger partial charge < -0.3 is 15.5 Å². The van der Waals surface area contributed by atoms with Crippen LogP contribution in [0.1, 0.15) is 53.0 Å². The molecular weight excluding hydrogens is 450 g/mol. The number of nitro benzene ring substituents is 1. The van der Waals surface area contributed by atoms with Gasteiger partial charge in [-0.2, -0.15) is 0 Å². The minimum absolute atomic E-state index is 0.00890. The first kappa shape index (κ1) is 25.9. The smallest absolute Gasteiger partial charge is 0.414 e. The van der Waals surface area contributed by atoms with Crippen molar-refractivity contribution < 1.29 is 29.5 Å². The van der Waals surface area contributed by atoms with Gasteiger partial charge in [0.15, 0.2) is 0 Å². The third-order valence-corrected chi connectivity index (χ3v) is 6.29. The van der Waals surface area contributed by atoms with E-state index >= 15 is 0 Å². The van der Waals surface area contributed by atoms with E-state index in [2.05, 4.69) is 28.6 Å². The highest BCUT2D eigenvalue weighted by Gasteiger charge is 2.27. The molecular formula is C22H27N3O7S. The molecule has 1 unspecified atom stereocenters. The average Bonchev–Trinajstić information content (AvgIpc) is 3.27. The Morgan fingerprint density at radius 3 is 2.42 bits per heavy atom. The number of carboxylic acid groups (broad SMARTS) is 2. The summed E-state index contributed by atoms with van der Waals surface area (Å²) in [6.45, 7) is 4.61. The third-order valence-electron chi connectivity index (χ3n) is 5.23. The van der Waals surface area contributed by atoms with Gasteiger partial charge in [0.2, 0.25) is 0 Å². The Balaban J connectivity index is 0.000000569. The molecule has 0 saturated carbocycles. The predicted molar refractivity (Wildman–Crippen MR) is 123 cm³/mol. The fraction of sp³-hybridized carbons (Fsp3) is 0.409. The highest BCUT2D eigenvalue weighted by Crippen LogP contribution is 2.36. The maximum atomic E-state index is 12.3. The van der Waals surface area contributed by atoms with Crippen molar-refractivity contribution >= 4 is 34.9 Å². The van der Waals surface area contributed by atoms with E-state index in [0.717, 1.165) is 25.9 Å². The van der Waals surface area contributed by atoms with Crippen molar-refractivity contribution in [2.24, 2.45) is 0 Å². The van der Waals surface area contributed by atoms with Crippen molar-refractivity contribution in [3.63, 3.8) is 0 Å². The van der Waals surface area contributed by atoms with Crippen LogP contribution in [0.3, 0.4) is 0 Å². The molecule has 0 spiro atoms. The summed E-state index contributed by atoms with van der Waals surface area (Å²) in [6, 6.07) is 8.40. The van der Waals surface area contributed by atoms with Crippen LogP contribution in [0, 0.1) is 10.1 Å². The number of carbonyl (C=O) groups is 3. The summed E-state index contributed by atoms with van der Waals surface area (Å²) in [6.07, 6.45) is 4.60. The van der Waals surface area contributed by atoms with Crippen LogP contribution in [0.4, 0.5) is 5.69 Å². The van der Waals surface area contributed by atoms with Gasteiger partial charge in [-0.1, -0.05) is 19.8 Å². The molecule has 1 atom stereocenters. The zero-order chi connectivity index (χ0) is 24.4. The molecule has 10 nitrogen and oxygen atoms in total. The fourth-order valence-corrected chi connectivity index (χ4v) is 4.68. The van der Waals surface area contributed by atoms with Crippen molar-refractivity contribution in [3.05, 3.63) is 61.8 Å². The first-order chi connectivity index (χ1) is 15.7. The number of thiophene rings is 1. The molecule has 0 saturated heterocycles. The molecule has 1 aromatic heterocycles. The number of unbranched alkanes of at least 4 members (excludes halogenated alkanes) is 1. The summed E-state index contributed by atoms with van der Waals surface area (Å²) in [5.41, 5.74) is 1.92. The van der Waals surface area contributed by atoms with Crippen LogP contribution in [0.25, 0.3) is 0 Å².